The van der Waals surface area contributed by atoms with Crippen molar-refractivity contribution in [2.75, 3.05) is 44.8 Å². The van der Waals surface area contributed by atoms with Crippen molar-refractivity contribution in [3.63, 3.8) is 0 Å². The Labute approximate surface area is 131 Å². The molecule has 1 fully saturated rings. The molecule has 2 aromatic heterocycles. The topological polar surface area (TPSA) is 54.4 Å². The van der Waals surface area contributed by atoms with Crippen molar-refractivity contribution in [1.82, 2.24) is 19.9 Å². The van der Waals surface area contributed by atoms with E-state index in [-0.39, 0.29) is 0 Å². The van der Waals surface area contributed by atoms with Gasteiger partial charge in [-0.05, 0) is 18.6 Å². The van der Waals surface area contributed by atoms with Crippen LogP contribution in [0.5, 0.6) is 0 Å². The number of ether oxygens (including phenoxy) is 1. The number of nitrogens with zero attached hydrogens (tertiary/aromatic N) is 5. The smallest absolute Gasteiger partial charge is 0.180 e. The number of rotatable bonds is 5. The van der Waals surface area contributed by atoms with E-state index >= 15 is 0 Å². The number of hydrogen-bond donors (Lipinski definition) is 0. The highest BCUT2D eigenvalue weighted by atomic mass is 16.5. The molecular formula is C16H23N5O. The number of piperazine rings is 1. The van der Waals surface area contributed by atoms with Gasteiger partial charge in [-0.2, -0.15) is 0 Å². The first kappa shape index (κ1) is 15.1. The van der Waals surface area contributed by atoms with Crippen molar-refractivity contribution >= 4 is 17.0 Å². The molecule has 0 bridgehead atoms. The molecule has 118 valence electrons. The highest BCUT2D eigenvalue weighted by Crippen LogP contribution is 2.20. The molecule has 0 aromatic carbocycles. The molecule has 0 amide bonds. The largest absolute Gasteiger partial charge is 0.383 e. The number of pyridine rings is 1. The van der Waals surface area contributed by atoms with Crippen molar-refractivity contribution in [1.29, 1.82) is 0 Å². The molecule has 6 nitrogen and oxygen atoms in total. The lowest BCUT2D eigenvalue weighted by atomic mass is 10.1. The zero-order valence-electron chi connectivity index (χ0n) is 13.3. The Morgan fingerprint density at radius 3 is 2.91 bits per heavy atom. The maximum absolute atomic E-state index is 5.21. The van der Waals surface area contributed by atoms with Crippen LogP contribution in [-0.2, 0) is 4.74 Å². The fourth-order valence-electron chi connectivity index (χ4n) is 3.01. The predicted octanol–water partition coefficient (Wildman–Crippen LogP) is 1.57. The van der Waals surface area contributed by atoms with Gasteiger partial charge in [0.05, 0.1) is 6.61 Å². The summed E-state index contributed by atoms with van der Waals surface area (Å²) in [6.45, 7) is 7.06. The normalized spacial score (nSPS) is 19.7. The first-order chi connectivity index (χ1) is 10.8. The van der Waals surface area contributed by atoms with Gasteiger partial charge < -0.3 is 9.64 Å². The highest BCUT2D eigenvalue weighted by molar-refractivity contribution is 5.71. The van der Waals surface area contributed by atoms with Crippen LogP contribution in [0.15, 0.2) is 24.5 Å². The van der Waals surface area contributed by atoms with Crippen LogP contribution in [0.3, 0.4) is 0 Å². The van der Waals surface area contributed by atoms with Crippen molar-refractivity contribution in [3.8, 4) is 0 Å². The minimum Gasteiger partial charge on any atom is -0.383 e. The third kappa shape index (κ3) is 3.18. The molecule has 0 N–H and O–H groups in total. The van der Waals surface area contributed by atoms with Crippen LogP contribution in [0.4, 0.5) is 5.82 Å². The van der Waals surface area contributed by atoms with E-state index in [1.807, 2.05) is 6.07 Å². The van der Waals surface area contributed by atoms with Crippen LogP contribution < -0.4 is 4.90 Å². The Balaban J connectivity index is 1.74. The summed E-state index contributed by atoms with van der Waals surface area (Å²) >= 11 is 0. The highest BCUT2D eigenvalue weighted by Gasteiger charge is 2.26. The summed E-state index contributed by atoms with van der Waals surface area (Å²) in [4.78, 5) is 18.1. The third-order valence-corrected chi connectivity index (χ3v) is 4.30. The first-order valence-corrected chi connectivity index (χ1v) is 7.87. The van der Waals surface area contributed by atoms with Gasteiger partial charge in [0, 0.05) is 51.7 Å². The van der Waals surface area contributed by atoms with Gasteiger partial charge in [0.1, 0.15) is 11.3 Å². The lowest BCUT2D eigenvalue weighted by Crippen LogP contribution is -2.54. The molecule has 22 heavy (non-hydrogen) atoms. The second kappa shape index (κ2) is 6.98. The zero-order valence-corrected chi connectivity index (χ0v) is 13.3. The van der Waals surface area contributed by atoms with Crippen LogP contribution in [0.1, 0.15) is 13.3 Å². The fourth-order valence-corrected chi connectivity index (χ4v) is 3.01. The molecule has 0 aliphatic carbocycles. The lowest BCUT2D eigenvalue weighted by Gasteiger charge is -2.41. The molecule has 6 heteroatoms. The SMILES string of the molecule is CCC1CN(c2ccc3nccnc3n2)CCN1CCOC. The van der Waals surface area contributed by atoms with E-state index in [9.17, 15) is 0 Å². The summed E-state index contributed by atoms with van der Waals surface area (Å²) in [5.41, 5.74) is 1.56. The van der Waals surface area contributed by atoms with Gasteiger partial charge in [-0.1, -0.05) is 6.92 Å². The summed E-state index contributed by atoms with van der Waals surface area (Å²) in [6.07, 6.45) is 4.52. The maximum Gasteiger partial charge on any atom is 0.180 e. The van der Waals surface area contributed by atoms with Gasteiger partial charge >= 0.3 is 0 Å². The summed E-state index contributed by atoms with van der Waals surface area (Å²) < 4.78 is 5.21. The van der Waals surface area contributed by atoms with Gasteiger partial charge in [0.15, 0.2) is 5.65 Å². The Morgan fingerprint density at radius 2 is 2.09 bits per heavy atom. The van der Waals surface area contributed by atoms with Gasteiger partial charge in [-0.25, -0.2) is 9.97 Å². The quantitative estimate of drug-likeness (QED) is 0.835. The fraction of sp³-hybridized carbons (Fsp3) is 0.562. The van der Waals surface area contributed by atoms with Crippen molar-refractivity contribution in [2.24, 2.45) is 0 Å². The third-order valence-electron chi connectivity index (χ3n) is 4.30. The molecule has 2 aromatic rings. The molecule has 3 rings (SSSR count). The van der Waals surface area contributed by atoms with Crippen LogP contribution >= 0.6 is 0 Å². The standard InChI is InChI=1S/C16H23N5O/c1-3-13-12-21(9-8-20(13)10-11-22-2)15-5-4-14-16(19-15)18-7-6-17-14/h4-7,13H,3,8-12H2,1-2H3. The van der Waals surface area contributed by atoms with E-state index in [0.717, 1.165) is 56.2 Å². The summed E-state index contributed by atoms with van der Waals surface area (Å²) in [6, 6.07) is 4.60. The molecule has 1 saturated heterocycles. The second-order valence-corrected chi connectivity index (χ2v) is 5.61. The maximum atomic E-state index is 5.21. The summed E-state index contributed by atoms with van der Waals surface area (Å²) in [7, 11) is 1.76. The van der Waals surface area contributed by atoms with E-state index in [4.69, 9.17) is 4.74 Å². The van der Waals surface area contributed by atoms with Gasteiger partial charge in [-0.15, -0.1) is 0 Å². The zero-order chi connectivity index (χ0) is 15.4. The van der Waals surface area contributed by atoms with Crippen molar-refractivity contribution in [3.05, 3.63) is 24.5 Å². The molecular weight excluding hydrogens is 278 g/mol. The molecule has 1 aliphatic heterocycles. The van der Waals surface area contributed by atoms with Crippen LogP contribution in [0, 0.1) is 0 Å². The van der Waals surface area contributed by atoms with Gasteiger partial charge in [0.25, 0.3) is 0 Å². The molecule has 3 heterocycles. The van der Waals surface area contributed by atoms with Crippen LogP contribution in [0.2, 0.25) is 0 Å². The number of anilines is 1. The Kier molecular flexibility index (Phi) is 4.80. The Hall–Kier alpha value is -1.79. The Morgan fingerprint density at radius 1 is 1.23 bits per heavy atom. The average Bonchev–Trinajstić information content (AvgIpc) is 2.59. The first-order valence-electron chi connectivity index (χ1n) is 7.87. The predicted molar refractivity (Wildman–Crippen MR) is 87.1 cm³/mol. The Bertz CT molecular complexity index is 620. The van der Waals surface area contributed by atoms with E-state index in [0.29, 0.717) is 6.04 Å². The summed E-state index contributed by atoms with van der Waals surface area (Å²) in [5, 5.41) is 0. The minimum absolute atomic E-state index is 0.545. The van der Waals surface area contributed by atoms with Gasteiger partial charge in [0.2, 0.25) is 0 Å². The summed E-state index contributed by atoms with van der Waals surface area (Å²) in [5.74, 6) is 0.998. The van der Waals surface area contributed by atoms with E-state index < -0.39 is 0 Å². The number of fused-ring (bicyclic) bond motifs is 1. The molecule has 1 unspecified atom stereocenters. The van der Waals surface area contributed by atoms with E-state index in [2.05, 4.69) is 37.7 Å². The van der Waals surface area contributed by atoms with Crippen molar-refractivity contribution in [2.45, 2.75) is 19.4 Å². The molecule has 1 atom stereocenters. The van der Waals surface area contributed by atoms with E-state index in [1.165, 1.54) is 0 Å². The second-order valence-electron chi connectivity index (χ2n) is 5.61. The van der Waals surface area contributed by atoms with Gasteiger partial charge in [-0.3, -0.25) is 9.88 Å². The molecule has 1 aliphatic rings. The molecule has 0 saturated carbocycles. The molecule has 0 spiro atoms. The number of methoxy groups -OCH3 is 1. The molecule has 0 radical (unpaired) electrons. The number of aromatic nitrogens is 3. The lowest BCUT2D eigenvalue weighted by molar-refractivity contribution is 0.109. The average molecular weight is 301 g/mol. The van der Waals surface area contributed by atoms with Crippen LogP contribution in [-0.4, -0.2) is 65.8 Å². The number of hydrogen-bond acceptors (Lipinski definition) is 6. The monoisotopic (exact) mass is 301 g/mol. The van der Waals surface area contributed by atoms with Crippen molar-refractivity contribution < 1.29 is 4.74 Å². The van der Waals surface area contributed by atoms with Crippen LogP contribution in [0.25, 0.3) is 11.2 Å². The minimum atomic E-state index is 0.545. The van der Waals surface area contributed by atoms with E-state index in [1.54, 1.807) is 19.5 Å².